The summed E-state index contributed by atoms with van der Waals surface area (Å²) in [5.41, 5.74) is 1.65. The topological polar surface area (TPSA) is 80.1 Å². The highest BCUT2D eigenvalue weighted by molar-refractivity contribution is 7.13. The number of amides is 2. The number of thiophene rings is 1. The van der Waals surface area contributed by atoms with Gasteiger partial charge in [-0.3, -0.25) is 9.59 Å². The highest BCUT2D eigenvalue weighted by Gasteiger charge is 2.46. The minimum absolute atomic E-state index is 0.0147. The molecular formula is C23H27N5O2S. The van der Waals surface area contributed by atoms with E-state index >= 15 is 0 Å². The van der Waals surface area contributed by atoms with Crippen molar-refractivity contribution >= 4 is 23.2 Å². The van der Waals surface area contributed by atoms with Crippen molar-refractivity contribution < 1.29 is 9.59 Å². The van der Waals surface area contributed by atoms with Crippen LogP contribution in [0, 0.1) is 5.41 Å². The molecule has 8 heteroatoms. The molecule has 0 bridgehead atoms. The van der Waals surface area contributed by atoms with E-state index in [1.165, 1.54) is 27.8 Å². The van der Waals surface area contributed by atoms with Crippen LogP contribution >= 0.6 is 11.3 Å². The fourth-order valence-electron chi connectivity index (χ4n) is 4.08. The van der Waals surface area contributed by atoms with E-state index in [2.05, 4.69) is 51.1 Å². The first-order valence-electron chi connectivity index (χ1n) is 10.5. The van der Waals surface area contributed by atoms with Gasteiger partial charge in [0.15, 0.2) is 0 Å². The van der Waals surface area contributed by atoms with Crippen LogP contribution in [0.15, 0.2) is 54.4 Å². The molecular weight excluding hydrogens is 410 g/mol. The molecule has 31 heavy (non-hydrogen) atoms. The van der Waals surface area contributed by atoms with Crippen molar-refractivity contribution in [1.29, 1.82) is 0 Å². The average Bonchev–Trinajstić information content (AvgIpc) is 3.51. The number of carbonyl (C=O) groups is 2. The lowest BCUT2D eigenvalue weighted by molar-refractivity contribution is -0.134. The Hall–Kier alpha value is -3.00. The quantitative estimate of drug-likeness (QED) is 0.616. The largest absolute Gasteiger partial charge is 0.353 e. The van der Waals surface area contributed by atoms with Crippen LogP contribution in [-0.2, 0) is 22.6 Å². The van der Waals surface area contributed by atoms with Gasteiger partial charge in [-0.05, 0) is 49.3 Å². The van der Waals surface area contributed by atoms with Gasteiger partial charge in [0, 0.05) is 24.0 Å². The van der Waals surface area contributed by atoms with E-state index in [-0.39, 0.29) is 24.4 Å². The van der Waals surface area contributed by atoms with Gasteiger partial charge in [-0.2, -0.15) is 5.10 Å². The molecule has 2 aromatic heterocycles. The highest BCUT2D eigenvalue weighted by atomic mass is 32.1. The SMILES string of the molecule is CC(C)NC(=O)[C@]1(Cc2ccc(-c3cccs3)cc2)CCN(C(=O)Cn2cncn2)C1. The number of carbonyl (C=O) groups excluding carboxylic acids is 2. The molecule has 1 N–H and O–H groups in total. The lowest BCUT2D eigenvalue weighted by atomic mass is 9.79. The maximum atomic E-state index is 13.2. The van der Waals surface area contributed by atoms with Crippen molar-refractivity contribution in [1.82, 2.24) is 25.0 Å². The number of nitrogens with zero attached hydrogens (tertiary/aromatic N) is 4. The monoisotopic (exact) mass is 437 g/mol. The molecule has 0 spiro atoms. The first kappa shape index (κ1) is 21.2. The third kappa shape index (κ3) is 4.85. The van der Waals surface area contributed by atoms with Gasteiger partial charge in [-0.25, -0.2) is 9.67 Å². The zero-order chi connectivity index (χ0) is 21.8. The average molecular weight is 438 g/mol. The molecule has 1 atom stereocenters. The molecule has 162 valence electrons. The molecule has 1 aliphatic heterocycles. The van der Waals surface area contributed by atoms with Gasteiger partial charge in [0.05, 0.1) is 5.41 Å². The van der Waals surface area contributed by atoms with Gasteiger partial charge in [-0.1, -0.05) is 30.3 Å². The summed E-state index contributed by atoms with van der Waals surface area (Å²) >= 11 is 1.71. The van der Waals surface area contributed by atoms with Crippen LogP contribution in [0.25, 0.3) is 10.4 Å². The molecule has 1 fully saturated rings. The van der Waals surface area contributed by atoms with Crippen molar-refractivity contribution in [3.05, 3.63) is 60.0 Å². The lowest BCUT2D eigenvalue weighted by Gasteiger charge is -2.29. The van der Waals surface area contributed by atoms with Crippen molar-refractivity contribution in [3.8, 4) is 10.4 Å². The number of likely N-dealkylation sites (tertiary alicyclic amines) is 1. The lowest BCUT2D eigenvalue weighted by Crippen LogP contribution is -2.47. The number of hydrogen-bond acceptors (Lipinski definition) is 5. The first-order valence-corrected chi connectivity index (χ1v) is 11.4. The van der Waals surface area contributed by atoms with Gasteiger partial charge in [0.2, 0.25) is 11.8 Å². The van der Waals surface area contributed by atoms with Crippen molar-refractivity contribution in [3.63, 3.8) is 0 Å². The predicted molar refractivity (Wildman–Crippen MR) is 120 cm³/mol. The fourth-order valence-corrected chi connectivity index (χ4v) is 4.82. The third-order valence-electron chi connectivity index (χ3n) is 5.67. The number of aromatic nitrogens is 3. The second-order valence-corrected chi connectivity index (χ2v) is 9.37. The molecule has 3 aromatic rings. The van der Waals surface area contributed by atoms with Crippen LogP contribution < -0.4 is 5.32 Å². The summed E-state index contributed by atoms with van der Waals surface area (Å²) in [6, 6.07) is 12.6. The minimum atomic E-state index is -0.632. The van der Waals surface area contributed by atoms with Crippen LogP contribution in [-0.4, -0.2) is 50.6 Å². The smallest absolute Gasteiger partial charge is 0.244 e. The maximum Gasteiger partial charge on any atom is 0.244 e. The summed E-state index contributed by atoms with van der Waals surface area (Å²) in [5, 5.41) is 9.16. The fraction of sp³-hybridized carbons (Fsp3) is 0.391. The van der Waals surface area contributed by atoms with Gasteiger partial charge in [-0.15, -0.1) is 11.3 Å². The number of benzene rings is 1. The molecule has 3 heterocycles. The molecule has 0 aliphatic carbocycles. The van der Waals surface area contributed by atoms with E-state index in [0.717, 1.165) is 5.56 Å². The van der Waals surface area contributed by atoms with E-state index in [0.29, 0.717) is 25.9 Å². The highest BCUT2D eigenvalue weighted by Crippen LogP contribution is 2.36. The third-order valence-corrected chi connectivity index (χ3v) is 6.59. The summed E-state index contributed by atoms with van der Waals surface area (Å²) in [7, 11) is 0. The molecule has 1 aromatic carbocycles. The van der Waals surface area contributed by atoms with E-state index in [4.69, 9.17) is 0 Å². The van der Waals surface area contributed by atoms with Gasteiger partial charge in [0.25, 0.3) is 0 Å². The second kappa shape index (κ2) is 9.01. The molecule has 4 rings (SSSR count). The Kier molecular flexibility index (Phi) is 6.18. The summed E-state index contributed by atoms with van der Waals surface area (Å²) < 4.78 is 1.51. The molecule has 1 saturated heterocycles. The Morgan fingerprint density at radius 1 is 1.23 bits per heavy atom. The van der Waals surface area contributed by atoms with Gasteiger partial charge in [0.1, 0.15) is 19.2 Å². The van der Waals surface area contributed by atoms with Crippen molar-refractivity contribution in [2.75, 3.05) is 13.1 Å². The van der Waals surface area contributed by atoms with Crippen molar-refractivity contribution in [2.45, 2.75) is 39.3 Å². The molecule has 0 radical (unpaired) electrons. The summed E-state index contributed by atoms with van der Waals surface area (Å²) in [6.07, 6.45) is 4.18. The first-order chi connectivity index (χ1) is 14.9. The normalized spacial score (nSPS) is 18.5. The maximum absolute atomic E-state index is 13.2. The van der Waals surface area contributed by atoms with Crippen molar-refractivity contribution in [2.24, 2.45) is 5.41 Å². The Balaban J connectivity index is 1.51. The predicted octanol–water partition coefficient (Wildman–Crippen LogP) is 2.99. The zero-order valence-electron chi connectivity index (χ0n) is 17.8. The number of rotatable bonds is 7. The van der Waals surface area contributed by atoms with Crippen LogP contribution in [0.5, 0.6) is 0 Å². The zero-order valence-corrected chi connectivity index (χ0v) is 18.6. The Bertz CT molecular complexity index is 1010. The molecule has 0 unspecified atom stereocenters. The number of hydrogen-bond donors (Lipinski definition) is 1. The summed E-state index contributed by atoms with van der Waals surface area (Å²) in [6.45, 7) is 5.03. The molecule has 7 nitrogen and oxygen atoms in total. The standard InChI is InChI=1S/C23H27N5O2S/c1-17(2)26-22(30)23(9-10-27(14-23)21(29)13-28-16-24-15-25-28)12-18-5-7-19(8-6-18)20-4-3-11-31-20/h3-8,11,15-17H,9-10,12-14H2,1-2H3,(H,26,30)/t23-/m0/s1. The summed E-state index contributed by atoms with van der Waals surface area (Å²) in [5.74, 6) is -0.0290. The second-order valence-electron chi connectivity index (χ2n) is 8.42. The molecule has 1 aliphatic rings. The minimum Gasteiger partial charge on any atom is -0.353 e. The van der Waals surface area contributed by atoms with Gasteiger partial charge >= 0.3 is 0 Å². The van der Waals surface area contributed by atoms with E-state index in [1.807, 2.05) is 19.9 Å². The van der Waals surface area contributed by atoms with E-state index in [1.54, 1.807) is 16.2 Å². The molecule has 2 amide bonds. The van der Waals surface area contributed by atoms with Crippen LogP contribution in [0.1, 0.15) is 25.8 Å². The summed E-state index contributed by atoms with van der Waals surface area (Å²) in [4.78, 5) is 32.9. The van der Waals surface area contributed by atoms with Gasteiger partial charge < -0.3 is 10.2 Å². The number of nitrogens with one attached hydrogen (secondary N) is 1. The Labute approximate surface area is 186 Å². The van der Waals surface area contributed by atoms with Crippen LogP contribution in [0.2, 0.25) is 0 Å². The van der Waals surface area contributed by atoms with E-state index in [9.17, 15) is 9.59 Å². The molecule has 0 saturated carbocycles. The van der Waals surface area contributed by atoms with Crippen LogP contribution in [0.4, 0.5) is 0 Å². The Morgan fingerprint density at radius 2 is 2.03 bits per heavy atom. The Morgan fingerprint density at radius 3 is 2.68 bits per heavy atom. The van der Waals surface area contributed by atoms with E-state index < -0.39 is 5.41 Å². The van der Waals surface area contributed by atoms with Crippen LogP contribution in [0.3, 0.4) is 0 Å².